The number of halogens is 2. The third-order valence-corrected chi connectivity index (χ3v) is 1.57. The maximum Gasteiger partial charge on any atom is 0.259 e. The van der Waals surface area contributed by atoms with E-state index in [2.05, 4.69) is 10.5 Å². The van der Waals surface area contributed by atoms with Gasteiger partial charge < -0.3 is 12.4 Å². The normalized spacial score (nSPS) is 16.5. The Bertz CT molecular complexity index is 186. The van der Waals surface area contributed by atoms with Gasteiger partial charge in [0.15, 0.2) is 0 Å². The molecule has 0 aromatic carbocycles. The summed E-state index contributed by atoms with van der Waals surface area (Å²) >= 11 is 5.70. The maximum atomic E-state index is 5.70. The molecule has 1 aliphatic heterocycles. The molecule has 1 aliphatic rings. The zero-order valence-electron chi connectivity index (χ0n) is 5.36. The number of nitrogens with two attached hydrogens (primary N) is 2. The Hall–Kier alpha value is -0.290. The van der Waals surface area contributed by atoms with Crippen molar-refractivity contribution in [1.29, 1.82) is 0 Å². The second-order valence-corrected chi connectivity index (χ2v) is 2.09. The van der Waals surface area contributed by atoms with Gasteiger partial charge in [0.05, 0.1) is 0 Å². The van der Waals surface area contributed by atoms with E-state index in [-0.39, 0.29) is 12.4 Å². The lowest BCUT2D eigenvalue weighted by Gasteiger charge is -1.91. The average molecular weight is 183 g/mol. The third-order valence-electron chi connectivity index (χ3n) is 1.10. The molecule has 0 fully saturated rings. The van der Waals surface area contributed by atoms with E-state index in [1.54, 1.807) is 5.43 Å². The molecule has 0 radical (unpaired) electrons. The number of hydrogen-bond acceptors (Lipinski definition) is 3. The van der Waals surface area contributed by atoms with Crippen molar-refractivity contribution in [1.82, 2.24) is 5.43 Å². The first kappa shape index (κ1) is 9.71. The molecule has 0 unspecified atom stereocenters. The Morgan fingerprint density at radius 1 is 1.70 bits per heavy atom. The van der Waals surface area contributed by atoms with E-state index >= 15 is 0 Å². The lowest BCUT2D eigenvalue weighted by Crippen LogP contribution is -3.00. The minimum Gasteiger partial charge on any atom is -1.00 e. The summed E-state index contributed by atoms with van der Waals surface area (Å²) in [5, 5.41) is 4.51. The van der Waals surface area contributed by atoms with Gasteiger partial charge in [0.25, 0.3) is 5.82 Å². The molecule has 1 rings (SSSR count). The first-order chi connectivity index (χ1) is 4.25. The zero-order chi connectivity index (χ0) is 6.85. The molecule has 10 heavy (non-hydrogen) atoms. The number of nitrogens with zero attached hydrogens (tertiary/aromatic N) is 1. The highest BCUT2D eigenvalue weighted by Crippen LogP contribution is 2.06. The van der Waals surface area contributed by atoms with E-state index in [1.165, 1.54) is 0 Å². The fraction of sp³-hybridized carbons (Fsp3) is 0.250. The minimum atomic E-state index is 0. The second kappa shape index (κ2) is 3.78. The van der Waals surface area contributed by atoms with Crippen LogP contribution in [0.1, 0.15) is 6.92 Å². The Morgan fingerprint density at radius 2 is 2.30 bits per heavy atom. The van der Waals surface area contributed by atoms with Crippen molar-refractivity contribution >= 4 is 17.3 Å². The van der Waals surface area contributed by atoms with Crippen molar-refractivity contribution < 1.29 is 17.8 Å². The predicted molar refractivity (Wildman–Crippen MR) is 35.2 cm³/mol. The molecule has 0 aromatic heterocycles. The molecule has 0 spiro atoms. The number of quaternary nitrogens is 1. The van der Waals surface area contributed by atoms with Crippen LogP contribution in [0.3, 0.4) is 0 Å². The highest BCUT2D eigenvalue weighted by atomic mass is 35.5. The fourth-order valence-electron chi connectivity index (χ4n) is 0.570. The molecule has 0 aliphatic carbocycles. The molecule has 58 valence electrons. The van der Waals surface area contributed by atoms with E-state index in [0.29, 0.717) is 10.9 Å². The van der Waals surface area contributed by atoms with Crippen LogP contribution in [0.5, 0.6) is 0 Å². The topological polar surface area (TPSA) is 67.0 Å². The van der Waals surface area contributed by atoms with Crippen LogP contribution in [-0.4, -0.2) is 5.71 Å². The third kappa shape index (κ3) is 1.60. The predicted octanol–water partition coefficient (Wildman–Crippen LogP) is -4.19. The molecule has 5 N–H and O–H groups in total. The van der Waals surface area contributed by atoms with E-state index in [1.807, 2.05) is 6.92 Å². The molecule has 0 aromatic rings. The van der Waals surface area contributed by atoms with Gasteiger partial charge in [-0.05, 0) is 6.92 Å². The van der Waals surface area contributed by atoms with E-state index in [4.69, 9.17) is 17.4 Å². The van der Waals surface area contributed by atoms with Crippen molar-refractivity contribution in [3.8, 4) is 0 Å². The van der Waals surface area contributed by atoms with E-state index in [0.717, 1.165) is 5.71 Å². The molecule has 1 heterocycles. The molecular weight excluding hydrogens is 175 g/mol. The Balaban J connectivity index is 0.000000810. The molecule has 4 nitrogen and oxygen atoms in total. The fourth-order valence-corrected chi connectivity index (χ4v) is 0.722. The van der Waals surface area contributed by atoms with Gasteiger partial charge in [-0.3, -0.25) is 5.43 Å². The first-order valence-corrected chi connectivity index (χ1v) is 2.88. The monoisotopic (exact) mass is 182 g/mol. The van der Waals surface area contributed by atoms with Gasteiger partial charge in [0.2, 0.25) is 0 Å². The molecule has 0 saturated heterocycles. The number of nitrogens with one attached hydrogen (secondary N) is 1. The first-order valence-electron chi connectivity index (χ1n) is 2.50. The number of hydrogen-bond donors (Lipinski definition) is 3. The number of hydrazine groups is 1. The van der Waals surface area contributed by atoms with E-state index < -0.39 is 0 Å². The standard InChI is InChI=1S/C4H7ClN4.ClH/c1-2-3(5)4(7-6)9-8-2;/h6H2,1H3,(H2,7,8,9);1H. The van der Waals surface area contributed by atoms with Crippen LogP contribution in [0.15, 0.2) is 16.0 Å². The smallest absolute Gasteiger partial charge is 0.259 e. The summed E-state index contributed by atoms with van der Waals surface area (Å²) in [7, 11) is 0. The van der Waals surface area contributed by atoms with Crippen molar-refractivity contribution in [3.05, 3.63) is 10.9 Å². The van der Waals surface area contributed by atoms with Gasteiger partial charge in [-0.2, -0.15) is 5.43 Å². The van der Waals surface area contributed by atoms with Gasteiger partial charge >= 0.3 is 0 Å². The molecule has 0 bridgehead atoms. The van der Waals surface area contributed by atoms with Crippen LogP contribution >= 0.6 is 11.6 Å². The summed E-state index contributed by atoms with van der Waals surface area (Å²) in [6.45, 7) is 1.82. The quantitative estimate of drug-likeness (QED) is 0.285. The van der Waals surface area contributed by atoms with Crippen molar-refractivity contribution in [3.63, 3.8) is 0 Å². The Morgan fingerprint density at radius 3 is 2.50 bits per heavy atom. The Labute approximate surface area is 69.9 Å². The lowest BCUT2D eigenvalue weighted by atomic mass is 10.4. The molecule has 6 heteroatoms. The summed E-state index contributed by atoms with van der Waals surface area (Å²) in [5.74, 6) is 5.76. The van der Waals surface area contributed by atoms with Crippen molar-refractivity contribution in [2.75, 3.05) is 0 Å². The van der Waals surface area contributed by atoms with Gasteiger partial charge in [0.1, 0.15) is 10.7 Å². The van der Waals surface area contributed by atoms with Crippen LogP contribution in [0.2, 0.25) is 0 Å². The largest absolute Gasteiger partial charge is 1.00 e. The highest BCUT2D eigenvalue weighted by molar-refractivity contribution is 6.43. The van der Waals surface area contributed by atoms with Gasteiger partial charge in [-0.15, -0.1) is 0 Å². The van der Waals surface area contributed by atoms with Gasteiger partial charge in [0, 0.05) is 0 Å². The van der Waals surface area contributed by atoms with Crippen LogP contribution in [0.4, 0.5) is 0 Å². The van der Waals surface area contributed by atoms with Crippen LogP contribution in [0.25, 0.3) is 0 Å². The van der Waals surface area contributed by atoms with E-state index in [9.17, 15) is 0 Å². The Kier molecular flexibility index (Phi) is 3.67. The van der Waals surface area contributed by atoms with Crippen LogP contribution in [0, 0.1) is 0 Å². The van der Waals surface area contributed by atoms with Crippen molar-refractivity contribution in [2.24, 2.45) is 10.9 Å². The van der Waals surface area contributed by atoms with Crippen LogP contribution in [-0.2, 0) is 0 Å². The maximum absolute atomic E-state index is 5.70. The summed E-state index contributed by atoms with van der Waals surface area (Å²) in [6, 6.07) is 0. The minimum absolute atomic E-state index is 0. The van der Waals surface area contributed by atoms with Crippen LogP contribution < -0.4 is 29.1 Å². The zero-order valence-corrected chi connectivity index (χ0v) is 6.87. The van der Waals surface area contributed by atoms with Gasteiger partial charge in [-0.1, -0.05) is 16.7 Å². The lowest BCUT2D eigenvalue weighted by molar-refractivity contribution is -0.614. The molecule has 0 amide bonds. The highest BCUT2D eigenvalue weighted by Gasteiger charge is 2.17. The number of rotatable bonds is 1. The summed E-state index contributed by atoms with van der Waals surface area (Å²) in [4.78, 5) is 0. The summed E-state index contributed by atoms with van der Waals surface area (Å²) in [5.41, 5.74) is 4.81. The molecule has 0 atom stereocenters. The second-order valence-electron chi connectivity index (χ2n) is 1.72. The summed E-state index contributed by atoms with van der Waals surface area (Å²) in [6.07, 6.45) is 0. The molecule has 0 saturated carbocycles. The van der Waals surface area contributed by atoms with Gasteiger partial charge in [-0.25, -0.2) is 5.84 Å². The van der Waals surface area contributed by atoms with Crippen molar-refractivity contribution in [2.45, 2.75) is 6.92 Å². The summed E-state index contributed by atoms with van der Waals surface area (Å²) < 4.78 is 0. The SMILES string of the molecule is CC1=N[NH2+]C(NN)=C1Cl.[Cl-]. The average Bonchev–Trinajstić information content (AvgIpc) is 2.15. The molecular formula is C4H8Cl2N4. The number of allylic oxidation sites excluding steroid dienone is 1.